The summed E-state index contributed by atoms with van der Waals surface area (Å²) in [6.45, 7) is 6.37. The molecule has 1 aromatic rings. The number of halogens is 1. The molecule has 0 amide bonds. The van der Waals surface area contributed by atoms with Crippen molar-refractivity contribution in [2.24, 2.45) is 0 Å². The molecule has 0 aliphatic carbocycles. The van der Waals surface area contributed by atoms with E-state index in [4.69, 9.17) is 4.74 Å². The fraction of sp³-hybridized carbons (Fsp3) is 0.500. The molecular weight excluding hydrogens is 294 g/mol. The first-order valence-electron chi connectivity index (χ1n) is 6.09. The summed E-state index contributed by atoms with van der Waals surface area (Å²) in [5, 5.41) is 3.23. The summed E-state index contributed by atoms with van der Waals surface area (Å²) in [5.74, 6) is -0.177. The van der Waals surface area contributed by atoms with Gasteiger partial charge in [0, 0.05) is 11.0 Å². The van der Waals surface area contributed by atoms with Crippen LogP contribution in [0.25, 0.3) is 0 Å². The number of carbonyl (C=O) groups is 1. The Bertz CT molecular complexity index is 465. The third-order valence-electron chi connectivity index (χ3n) is 2.85. The topological polar surface area (TPSA) is 38.3 Å². The molecule has 0 spiro atoms. The van der Waals surface area contributed by atoms with E-state index in [2.05, 4.69) is 27.3 Å². The molecule has 1 heterocycles. The number of fused-ring (bicyclic) bond motifs is 1. The molecule has 3 nitrogen and oxygen atoms in total. The molecule has 1 aliphatic rings. The van der Waals surface area contributed by atoms with Crippen LogP contribution in [0.2, 0.25) is 0 Å². The highest BCUT2D eigenvalue weighted by atomic mass is 79.9. The second-order valence-electron chi connectivity index (χ2n) is 5.55. The maximum atomic E-state index is 12.0. The zero-order chi connectivity index (χ0) is 13.3. The Labute approximate surface area is 116 Å². The number of hydrogen-bond donors (Lipinski definition) is 1. The Morgan fingerprint density at radius 2 is 2.17 bits per heavy atom. The van der Waals surface area contributed by atoms with Gasteiger partial charge in [0.1, 0.15) is 11.6 Å². The Balaban J connectivity index is 2.12. The Kier molecular flexibility index (Phi) is 3.78. The van der Waals surface area contributed by atoms with Gasteiger partial charge in [-0.15, -0.1) is 0 Å². The zero-order valence-corrected chi connectivity index (χ0v) is 12.5. The number of esters is 1. The maximum Gasteiger partial charge on any atom is 0.324 e. The number of hydrogen-bond acceptors (Lipinski definition) is 3. The van der Waals surface area contributed by atoms with Gasteiger partial charge >= 0.3 is 5.97 Å². The van der Waals surface area contributed by atoms with Crippen LogP contribution in [0.4, 0.5) is 0 Å². The Morgan fingerprint density at radius 1 is 1.44 bits per heavy atom. The lowest BCUT2D eigenvalue weighted by atomic mass is 9.96. The van der Waals surface area contributed by atoms with Gasteiger partial charge in [-0.25, -0.2) is 0 Å². The van der Waals surface area contributed by atoms with Crippen molar-refractivity contribution in [2.45, 2.75) is 45.4 Å². The lowest BCUT2D eigenvalue weighted by molar-refractivity contribution is -0.157. The Hall–Kier alpha value is -0.870. The molecule has 0 fully saturated rings. The fourth-order valence-corrected chi connectivity index (χ4v) is 2.62. The summed E-state index contributed by atoms with van der Waals surface area (Å²) in [4.78, 5) is 12.0. The monoisotopic (exact) mass is 311 g/mol. The molecule has 0 saturated heterocycles. The summed E-state index contributed by atoms with van der Waals surface area (Å²) in [7, 11) is 0. The fourth-order valence-electron chi connectivity index (χ4n) is 2.05. The molecular formula is C14H18BrNO2. The van der Waals surface area contributed by atoms with E-state index in [0.717, 1.165) is 4.47 Å². The summed E-state index contributed by atoms with van der Waals surface area (Å²) in [6, 6.07) is 5.85. The van der Waals surface area contributed by atoms with Crippen molar-refractivity contribution in [3.05, 3.63) is 33.8 Å². The van der Waals surface area contributed by atoms with E-state index in [-0.39, 0.29) is 12.0 Å². The highest BCUT2D eigenvalue weighted by Crippen LogP contribution is 2.26. The summed E-state index contributed by atoms with van der Waals surface area (Å²) < 4.78 is 6.48. The van der Waals surface area contributed by atoms with E-state index < -0.39 is 5.60 Å². The van der Waals surface area contributed by atoms with Crippen LogP contribution >= 0.6 is 15.9 Å². The lowest BCUT2D eigenvalue weighted by Crippen LogP contribution is -2.45. The molecule has 0 bridgehead atoms. The number of carbonyl (C=O) groups excluding carboxylic acids is 1. The van der Waals surface area contributed by atoms with Crippen LogP contribution in [-0.4, -0.2) is 17.6 Å². The highest BCUT2D eigenvalue weighted by Gasteiger charge is 2.29. The minimum Gasteiger partial charge on any atom is -0.459 e. The van der Waals surface area contributed by atoms with E-state index in [1.807, 2.05) is 32.9 Å². The molecule has 1 N–H and O–H groups in total. The van der Waals surface area contributed by atoms with E-state index in [0.29, 0.717) is 13.0 Å². The molecule has 1 aliphatic heterocycles. The van der Waals surface area contributed by atoms with Crippen molar-refractivity contribution < 1.29 is 9.53 Å². The molecule has 1 aromatic carbocycles. The minimum atomic E-state index is -0.438. The van der Waals surface area contributed by atoms with Gasteiger partial charge in [-0.3, -0.25) is 4.79 Å². The van der Waals surface area contributed by atoms with Gasteiger partial charge in [-0.2, -0.15) is 0 Å². The van der Waals surface area contributed by atoms with Gasteiger partial charge in [0.25, 0.3) is 0 Å². The first kappa shape index (κ1) is 13.6. The molecule has 0 aromatic heterocycles. The molecule has 1 atom stereocenters. The maximum absolute atomic E-state index is 12.0. The second kappa shape index (κ2) is 5.02. The second-order valence-corrected chi connectivity index (χ2v) is 6.40. The highest BCUT2D eigenvalue weighted by molar-refractivity contribution is 9.10. The number of benzene rings is 1. The van der Waals surface area contributed by atoms with Gasteiger partial charge in [-0.05, 0) is 44.4 Å². The molecule has 0 radical (unpaired) electrons. The van der Waals surface area contributed by atoms with Crippen molar-refractivity contribution in [3.8, 4) is 0 Å². The minimum absolute atomic E-state index is 0.177. The number of rotatable bonds is 1. The van der Waals surface area contributed by atoms with E-state index in [1.165, 1.54) is 11.1 Å². The largest absolute Gasteiger partial charge is 0.459 e. The Morgan fingerprint density at radius 3 is 2.83 bits per heavy atom. The average Bonchev–Trinajstić information content (AvgIpc) is 2.27. The van der Waals surface area contributed by atoms with Crippen LogP contribution in [0.5, 0.6) is 0 Å². The van der Waals surface area contributed by atoms with E-state index in [9.17, 15) is 4.79 Å². The van der Waals surface area contributed by atoms with Crippen LogP contribution in [0.1, 0.15) is 31.9 Å². The SMILES string of the molecule is CC(C)(C)OC(=O)C1Cc2c(Br)cccc2CN1. The molecule has 1 unspecified atom stereocenters. The summed E-state index contributed by atoms with van der Waals surface area (Å²) in [6.07, 6.45) is 0.672. The molecule has 2 rings (SSSR count). The number of ether oxygens (including phenoxy) is 1. The van der Waals surface area contributed by atoms with Crippen LogP contribution in [0.15, 0.2) is 22.7 Å². The smallest absolute Gasteiger partial charge is 0.324 e. The molecule has 0 saturated carbocycles. The standard InChI is InChI=1S/C14H18BrNO2/c1-14(2,3)18-13(17)12-7-10-9(8-16-12)5-4-6-11(10)15/h4-6,12,16H,7-8H2,1-3H3. The van der Waals surface area contributed by atoms with Crippen LogP contribution in [0, 0.1) is 0 Å². The number of nitrogens with one attached hydrogen (secondary N) is 1. The van der Waals surface area contributed by atoms with Gasteiger partial charge < -0.3 is 10.1 Å². The third kappa shape index (κ3) is 3.12. The quantitative estimate of drug-likeness (QED) is 0.811. The van der Waals surface area contributed by atoms with E-state index >= 15 is 0 Å². The first-order valence-corrected chi connectivity index (χ1v) is 6.88. The van der Waals surface area contributed by atoms with Gasteiger partial charge in [0.05, 0.1) is 0 Å². The van der Waals surface area contributed by atoms with Crippen molar-refractivity contribution in [2.75, 3.05) is 0 Å². The third-order valence-corrected chi connectivity index (χ3v) is 3.60. The predicted octanol–water partition coefficient (Wildman–Crippen LogP) is 2.81. The first-order chi connectivity index (χ1) is 8.37. The van der Waals surface area contributed by atoms with Crippen LogP contribution < -0.4 is 5.32 Å². The average molecular weight is 312 g/mol. The molecule has 98 valence electrons. The van der Waals surface area contributed by atoms with Crippen molar-refractivity contribution >= 4 is 21.9 Å². The normalized spacial score (nSPS) is 19.2. The lowest BCUT2D eigenvalue weighted by Gasteiger charge is -2.28. The van der Waals surface area contributed by atoms with Crippen LogP contribution in [-0.2, 0) is 22.5 Å². The van der Waals surface area contributed by atoms with Crippen molar-refractivity contribution in [3.63, 3.8) is 0 Å². The summed E-state index contributed by atoms with van der Waals surface area (Å²) in [5.41, 5.74) is 2.00. The zero-order valence-electron chi connectivity index (χ0n) is 10.9. The van der Waals surface area contributed by atoms with Crippen molar-refractivity contribution in [1.82, 2.24) is 5.32 Å². The van der Waals surface area contributed by atoms with Crippen molar-refractivity contribution in [1.29, 1.82) is 0 Å². The molecule has 4 heteroatoms. The predicted molar refractivity (Wildman–Crippen MR) is 74.3 cm³/mol. The van der Waals surface area contributed by atoms with Gasteiger partial charge in [0.2, 0.25) is 0 Å². The van der Waals surface area contributed by atoms with Crippen LogP contribution in [0.3, 0.4) is 0 Å². The van der Waals surface area contributed by atoms with Gasteiger partial charge in [0.15, 0.2) is 0 Å². The van der Waals surface area contributed by atoms with E-state index in [1.54, 1.807) is 0 Å². The van der Waals surface area contributed by atoms with Gasteiger partial charge in [-0.1, -0.05) is 28.1 Å². The molecule has 18 heavy (non-hydrogen) atoms. The summed E-state index contributed by atoms with van der Waals surface area (Å²) >= 11 is 3.54.